The van der Waals surface area contributed by atoms with E-state index in [1.807, 2.05) is 6.92 Å². The molecule has 1 aromatic rings. The molecule has 2 nitrogen and oxygen atoms in total. The minimum Gasteiger partial charge on any atom is -0.391 e. The third-order valence-corrected chi connectivity index (χ3v) is 3.01. The predicted octanol–water partition coefficient (Wildman–Crippen LogP) is 1.82. The zero-order valence-electron chi connectivity index (χ0n) is 8.53. The second-order valence-corrected chi connectivity index (χ2v) is 3.91. The fourth-order valence-corrected chi connectivity index (χ4v) is 2.03. The number of rotatable bonds is 1. The summed E-state index contributed by atoms with van der Waals surface area (Å²) in [6.45, 7) is 2.56. The Balaban J connectivity index is 0.00000112. The van der Waals surface area contributed by atoms with Crippen LogP contribution in [0.5, 0.6) is 0 Å². The number of hydrogen-bond donors (Lipinski definition) is 2. The number of aliphatic hydroxyl groups is 1. The molecule has 0 bridgehead atoms. The Hall–Kier alpha value is -0.640. The van der Waals surface area contributed by atoms with E-state index in [1.165, 1.54) is 6.07 Å². The van der Waals surface area contributed by atoms with Crippen molar-refractivity contribution >= 4 is 12.4 Å². The third-order valence-electron chi connectivity index (χ3n) is 3.01. The zero-order valence-corrected chi connectivity index (χ0v) is 9.35. The lowest BCUT2D eigenvalue weighted by Gasteiger charge is -2.29. The fourth-order valence-electron chi connectivity index (χ4n) is 2.03. The maximum atomic E-state index is 13.5. The lowest BCUT2D eigenvalue weighted by Crippen LogP contribution is -2.42. The van der Waals surface area contributed by atoms with Crippen LogP contribution < -0.4 is 5.32 Å². The first kappa shape index (κ1) is 12.4. The van der Waals surface area contributed by atoms with Crippen LogP contribution in [0.25, 0.3) is 0 Å². The maximum Gasteiger partial charge on any atom is 0.128 e. The van der Waals surface area contributed by atoms with E-state index in [0.29, 0.717) is 12.0 Å². The van der Waals surface area contributed by atoms with Gasteiger partial charge >= 0.3 is 0 Å². The lowest BCUT2D eigenvalue weighted by molar-refractivity contribution is 0.105. The van der Waals surface area contributed by atoms with E-state index in [2.05, 4.69) is 5.32 Å². The van der Waals surface area contributed by atoms with E-state index in [1.54, 1.807) is 18.2 Å². The van der Waals surface area contributed by atoms with Gasteiger partial charge in [0.25, 0.3) is 0 Å². The van der Waals surface area contributed by atoms with Crippen molar-refractivity contribution in [2.24, 2.45) is 0 Å². The lowest BCUT2D eigenvalue weighted by atomic mass is 9.88. The van der Waals surface area contributed by atoms with Crippen molar-refractivity contribution in [3.63, 3.8) is 0 Å². The first-order valence-electron chi connectivity index (χ1n) is 4.83. The van der Waals surface area contributed by atoms with E-state index in [0.717, 1.165) is 6.54 Å². The molecular weight excluding hydrogens is 217 g/mol. The summed E-state index contributed by atoms with van der Waals surface area (Å²) < 4.78 is 13.5. The molecule has 15 heavy (non-hydrogen) atoms. The fraction of sp³-hybridized carbons (Fsp3) is 0.455. The van der Waals surface area contributed by atoms with E-state index >= 15 is 0 Å². The number of benzene rings is 1. The average Bonchev–Trinajstić information content (AvgIpc) is 2.49. The molecule has 0 saturated carbocycles. The summed E-state index contributed by atoms with van der Waals surface area (Å²) in [5.41, 5.74) is -0.0873. The molecular formula is C11H15ClFNO. The van der Waals surface area contributed by atoms with Crippen LogP contribution in [-0.4, -0.2) is 17.8 Å². The van der Waals surface area contributed by atoms with Crippen LogP contribution in [0.1, 0.15) is 18.9 Å². The molecule has 2 atom stereocenters. The molecule has 1 aliphatic heterocycles. The van der Waals surface area contributed by atoms with Crippen LogP contribution >= 0.6 is 12.4 Å². The highest BCUT2D eigenvalue weighted by Gasteiger charge is 2.40. The van der Waals surface area contributed by atoms with Crippen molar-refractivity contribution in [3.8, 4) is 0 Å². The van der Waals surface area contributed by atoms with Gasteiger partial charge < -0.3 is 10.4 Å². The maximum absolute atomic E-state index is 13.5. The normalized spacial score (nSPS) is 29.9. The number of aliphatic hydroxyl groups excluding tert-OH is 1. The van der Waals surface area contributed by atoms with Gasteiger partial charge in [-0.05, 0) is 26.0 Å². The highest BCUT2D eigenvalue weighted by atomic mass is 35.5. The van der Waals surface area contributed by atoms with E-state index in [9.17, 15) is 9.50 Å². The van der Waals surface area contributed by atoms with Gasteiger partial charge in [0, 0.05) is 5.56 Å². The summed E-state index contributed by atoms with van der Waals surface area (Å²) in [5.74, 6) is -0.261. The van der Waals surface area contributed by atoms with Gasteiger partial charge in [0.05, 0.1) is 11.6 Å². The van der Waals surface area contributed by atoms with Crippen LogP contribution in [0.2, 0.25) is 0 Å². The zero-order chi connectivity index (χ0) is 10.2. The summed E-state index contributed by atoms with van der Waals surface area (Å²) in [6, 6.07) is 6.59. The molecule has 0 amide bonds. The van der Waals surface area contributed by atoms with E-state index in [4.69, 9.17) is 0 Å². The van der Waals surface area contributed by atoms with Gasteiger partial charge in [-0.1, -0.05) is 18.2 Å². The summed E-state index contributed by atoms with van der Waals surface area (Å²) in [5, 5.41) is 12.9. The van der Waals surface area contributed by atoms with Gasteiger partial charge in [0.1, 0.15) is 5.82 Å². The summed E-state index contributed by atoms with van der Waals surface area (Å²) in [7, 11) is 0. The molecule has 0 aliphatic carbocycles. The Labute approximate surface area is 94.9 Å². The van der Waals surface area contributed by atoms with Gasteiger partial charge in [-0.25, -0.2) is 4.39 Å². The van der Waals surface area contributed by atoms with Gasteiger partial charge in [0.15, 0.2) is 0 Å². The molecule has 1 saturated heterocycles. The van der Waals surface area contributed by atoms with E-state index in [-0.39, 0.29) is 18.2 Å². The molecule has 0 spiro atoms. The molecule has 84 valence electrons. The van der Waals surface area contributed by atoms with Crippen molar-refractivity contribution in [2.75, 3.05) is 6.54 Å². The topological polar surface area (TPSA) is 32.3 Å². The second kappa shape index (κ2) is 4.47. The van der Waals surface area contributed by atoms with Crippen molar-refractivity contribution in [2.45, 2.75) is 25.0 Å². The molecule has 1 fully saturated rings. The first-order chi connectivity index (χ1) is 6.64. The van der Waals surface area contributed by atoms with Crippen LogP contribution in [0.15, 0.2) is 24.3 Å². The van der Waals surface area contributed by atoms with Crippen molar-refractivity contribution in [3.05, 3.63) is 35.6 Å². The third kappa shape index (κ3) is 2.00. The highest BCUT2D eigenvalue weighted by molar-refractivity contribution is 5.85. The molecule has 2 N–H and O–H groups in total. The average molecular weight is 232 g/mol. The summed E-state index contributed by atoms with van der Waals surface area (Å²) >= 11 is 0. The Bertz CT molecular complexity index is 347. The standard InChI is InChI=1S/C11H14FNO.ClH/c1-11(10(14)6-7-13-11)8-4-2-3-5-9(8)12;/h2-5,10,13-14H,6-7H2,1H3;1H. The number of nitrogens with one attached hydrogen (secondary N) is 1. The summed E-state index contributed by atoms with van der Waals surface area (Å²) in [6.07, 6.45) is 0.157. The second-order valence-electron chi connectivity index (χ2n) is 3.91. The highest BCUT2D eigenvalue weighted by Crippen LogP contribution is 2.32. The van der Waals surface area contributed by atoms with E-state index < -0.39 is 11.6 Å². The van der Waals surface area contributed by atoms with Gasteiger partial charge in [0.2, 0.25) is 0 Å². The number of halogens is 2. The van der Waals surface area contributed by atoms with Crippen LogP contribution in [-0.2, 0) is 5.54 Å². The predicted molar refractivity (Wildman–Crippen MR) is 59.6 cm³/mol. The van der Waals surface area contributed by atoms with Gasteiger partial charge in [-0.3, -0.25) is 0 Å². The minimum absolute atomic E-state index is 0. The first-order valence-corrected chi connectivity index (χ1v) is 4.83. The molecule has 2 rings (SSSR count). The van der Waals surface area contributed by atoms with Crippen LogP contribution in [0, 0.1) is 5.82 Å². The molecule has 1 heterocycles. The molecule has 1 aromatic carbocycles. The van der Waals surface area contributed by atoms with Crippen molar-refractivity contribution in [1.29, 1.82) is 0 Å². The van der Waals surface area contributed by atoms with Gasteiger partial charge in [-0.2, -0.15) is 0 Å². The molecule has 2 unspecified atom stereocenters. The summed E-state index contributed by atoms with van der Waals surface area (Å²) in [4.78, 5) is 0. The number of hydrogen-bond acceptors (Lipinski definition) is 2. The molecule has 0 radical (unpaired) electrons. The van der Waals surface area contributed by atoms with Crippen molar-refractivity contribution < 1.29 is 9.50 Å². The monoisotopic (exact) mass is 231 g/mol. The largest absolute Gasteiger partial charge is 0.391 e. The quantitative estimate of drug-likeness (QED) is 0.773. The van der Waals surface area contributed by atoms with Crippen LogP contribution in [0.3, 0.4) is 0 Å². The minimum atomic E-state index is -0.634. The van der Waals surface area contributed by atoms with Crippen LogP contribution in [0.4, 0.5) is 4.39 Å². The Morgan fingerprint density at radius 1 is 1.47 bits per heavy atom. The Morgan fingerprint density at radius 2 is 2.13 bits per heavy atom. The molecule has 1 aliphatic rings. The Morgan fingerprint density at radius 3 is 2.67 bits per heavy atom. The molecule has 0 aromatic heterocycles. The SMILES string of the molecule is CC1(c2ccccc2F)NCCC1O.Cl. The smallest absolute Gasteiger partial charge is 0.128 e. The van der Waals surface area contributed by atoms with Gasteiger partial charge in [-0.15, -0.1) is 12.4 Å². The molecule has 4 heteroatoms. The Kier molecular flexibility index (Phi) is 3.71. The van der Waals surface area contributed by atoms with Crippen molar-refractivity contribution in [1.82, 2.24) is 5.32 Å².